The number of rotatable bonds is 6. The quantitative estimate of drug-likeness (QED) is 0.378. The number of ether oxygens (including phenoxy) is 2. The van der Waals surface area contributed by atoms with Gasteiger partial charge in [-0.3, -0.25) is 14.9 Å². The fourth-order valence-corrected chi connectivity index (χ4v) is 3.20. The SMILES string of the molecule is Cn1ccnc1C(=O)c1ccc(NCc2ccc3c(c2)OCCCO3)c([N+](=O)[O-])c1. The van der Waals surface area contributed by atoms with Crippen molar-refractivity contribution in [2.75, 3.05) is 18.5 Å². The highest BCUT2D eigenvalue weighted by molar-refractivity contribution is 6.07. The number of nitrogens with one attached hydrogen (secondary N) is 1. The summed E-state index contributed by atoms with van der Waals surface area (Å²) in [6.07, 6.45) is 3.97. The van der Waals surface area contributed by atoms with Crippen LogP contribution in [0.5, 0.6) is 11.5 Å². The lowest BCUT2D eigenvalue weighted by Crippen LogP contribution is -2.10. The van der Waals surface area contributed by atoms with Gasteiger partial charge in [0.1, 0.15) is 5.69 Å². The molecule has 1 aliphatic rings. The Balaban J connectivity index is 1.54. The number of nitro groups is 1. The number of aromatic nitrogens is 2. The monoisotopic (exact) mass is 408 g/mol. The Hall–Kier alpha value is -3.88. The van der Waals surface area contributed by atoms with E-state index in [0.29, 0.717) is 36.9 Å². The zero-order valence-electron chi connectivity index (χ0n) is 16.3. The second-order valence-corrected chi connectivity index (χ2v) is 6.87. The molecule has 2 heterocycles. The van der Waals surface area contributed by atoms with E-state index in [-0.39, 0.29) is 22.9 Å². The van der Waals surface area contributed by atoms with Crippen LogP contribution in [0.15, 0.2) is 48.8 Å². The number of hydrogen-bond acceptors (Lipinski definition) is 7. The summed E-state index contributed by atoms with van der Waals surface area (Å²) in [7, 11) is 1.69. The minimum atomic E-state index is -0.508. The second kappa shape index (κ2) is 8.24. The Labute approximate surface area is 172 Å². The molecule has 0 bridgehead atoms. The Morgan fingerprint density at radius 2 is 2.00 bits per heavy atom. The molecule has 9 nitrogen and oxygen atoms in total. The van der Waals surface area contributed by atoms with Crippen LogP contribution in [0.25, 0.3) is 0 Å². The molecule has 3 aromatic rings. The van der Waals surface area contributed by atoms with E-state index >= 15 is 0 Å². The molecule has 1 aromatic heterocycles. The van der Waals surface area contributed by atoms with E-state index < -0.39 is 4.92 Å². The standard InChI is InChI=1S/C21H20N4O5/c1-24-8-7-22-21(24)20(26)15-4-5-16(17(12-15)25(27)28)23-13-14-3-6-18-19(11-14)30-10-2-9-29-18/h3-8,11-12,23H,2,9-10,13H2,1H3. The largest absolute Gasteiger partial charge is 0.490 e. The molecule has 154 valence electrons. The molecular weight excluding hydrogens is 388 g/mol. The third-order valence-corrected chi connectivity index (χ3v) is 4.78. The predicted octanol–water partition coefficient (Wildman–Crippen LogP) is 3.33. The van der Waals surface area contributed by atoms with E-state index in [9.17, 15) is 14.9 Å². The number of nitrogens with zero attached hydrogens (tertiary/aromatic N) is 3. The molecule has 0 saturated heterocycles. The number of carbonyl (C=O) groups excluding carboxylic acids is 1. The average molecular weight is 408 g/mol. The maximum atomic E-state index is 12.6. The van der Waals surface area contributed by atoms with Gasteiger partial charge in [-0.1, -0.05) is 6.07 Å². The second-order valence-electron chi connectivity index (χ2n) is 6.87. The van der Waals surface area contributed by atoms with Crippen molar-refractivity contribution in [3.8, 4) is 11.5 Å². The number of carbonyl (C=O) groups is 1. The van der Waals surface area contributed by atoms with E-state index in [0.717, 1.165) is 12.0 Å². The highest BCUT2D eigenvalue weighted by Crippen LogP contribution is 2.31. The van der Waals surface area contributed by atoms with Gasteiger partial charge in [-0.2, -0.15) is 0 Å². The Bertz CT molecular complexity index is 1110. The predicted molar refractivity (Wildman–Crippen MR) is 109 cm³/mol. The minimum absolute atomic E-state index is 0.176. The van der Waals surface area contributed by atoms with E-state index in [4.69, 9.17) is 9.47 Å². The molecule has 1 aliphatic heterocycles. The van der Waals surface area contributed by atoms with Crippen molar-refractivity contribution in [3.63, 3.8) is 0 Å². The number of benzene rings is 2. The first-order chi connectivity index (χ1) is 14.5. The van der Waals surface area contributed by atoms with Crippen LogP contribution in [0.2, 0.25) is 0 Å². The zero-order chi connectivity index (χ0) is 21.1. The van der Waals surface area contributed by atoms with Crippen molar-refractivity contribution in [3.05, 3.63) is 75.9 Å². The molecule has 0 spiro atoms. The molecule has 9 heteroatoms. The molecule has 0 atom stereocenters. The summed E-state index contributed by atoms with van der Waals surface area (Å²) in [5.74, 6) is 1.20. The topological polar surface area (TPSA) is 109 Å². The van der Waals surface area contributed by atoms with Crippen LogP contribution in [0.1, 0.15) is 28.2 Å². The fourth-order valence-electron chi connectivity index (χ4n) is 3.20. The van der Waals surface area contributed by atoms with Crippen LogP contribution < -0.4 is 14.8 Å². The van der Waals surface area contributed by atoms with Gasteiger partial charge >= 0.3 is 0 Å². The molecular formula is C21H20N4O5. The first-order valence-corrected chi connectivity index (χ1v) is 9.46. The lowest BCUT2D eigenvalue weighted by molar-refractivity contribution is -0.384. The van der Waals surface area contributed by atoms with Crippen LogP contribution in [-0.4, -0.2) is 33.5 Å². The molecule has 2 aromatic carbocycles. The number of hydrogen-bond donors (Lipinski definition) is 1. The van der Waals surface area contributed by atoms with Crippen molar-refractivity contribution in [1.82, 2.24) is 9.55 Å². The van der Waals surface area contributed by atoms with Crippen molar-refractivity contribution < 1.29 is 19.2 Å². The smallest absolute Gasteiger partial charge is 0.293 e. The van der Waals surface area contributed by atoms with Crippen LogP contribution in [0.4, 0.5) is 11.4 Å². The minimum Gasteiger partial charge on any atom is -0.490 e. The van der Waals surface area contributed by atoms with Crippen molar-refractivity contribution in [2.45, 2.75) is 13.0 Å². The summed E-state index contributed by atoms with van der Waals surface area (Å²) in [4.78, 5) is 27.7. The lowest BCUT2D eigenvalue weighted by atomic mass is 10.1. The Kier molecular flexibility index (Phi) is 5.34. The third-order valence-electron chi connectivity index (χ3n) is 4.78. The van der Waals surface area contributed by atoms with E-state index in [1.54, 1.807) is 23.9 Å². The third kappa shape index (κ3) is 3.95. The highest BCUT2D eigenvalue weighted by atomic mass is 16.6. The molecule has 0 radical (unpaired) electrons. The van der Waals surface area contributed by atoms with Gasteiger partial charge in [-0.05, 0) is 29.8 Å². The first kappa shape index (κ1) is 19.4. The first-order valence-electron chi connectivity index (χ1n) is 9.46. The van der Waals surface area contributed by atoms with Crippen LogP contribution in [0, 0.1) is 10.1 Å². The maximum Gasteiger partial charge on any atom is 0.293 e. The molecule has 0 amide bonds. The van der Waals surface area contributed by atoms with Crippen molar-refractivity contribution in [2.24, 2.45) is 7.05 Å². The molecule has 4 rings (SSSR count). The molecule has 0 fully saturated rings. The summed E-state index contributed by atoms with van der Waals surface area (Å²) in [5.41, 5.74) is 1.24. The highest BCUT2D eigenvalue weighted by Gasteiger charge is 2.20. The summed E-state index contributed by atoms with van der Waals surface area (Å²) < 4.78 is 12.9. The number of aryl methyl sites for hydroxylation is 1. The molecule has 0 saturated carbocycles. The van der Waals surface area contributed by atoms with Gasteiger partial charge in [-0.25, -0.2) is 4.98 Å². The summed E-state index contributed by atoms with van der Waals surface area (Å²) in [6, 6.07) is 9.94. The van der Waals surface area contributed by atoms with Gasteiger partial charge in [-0.15, -0.1) is 0 Å². The maximum absolute atomic E-state index is 12.6. The van der Waals surface area contributed by atoms with E-state index in [1.807, 2.05) is 18.2 Å². The number of nitro benzene ring substituents is 1. The van der Waals surface area contributed by atoms with Crippen molar-refractivity contribution >= 4 is 17.2 Å². The number of anilines is 1. The van der Waals surface area contributed by atoms with E-state index in [1.165, 1.54) is 18.3 Å². The van der Waals surface area contributed by atoms with Crippen LogP contribution in [0.3, 0.4) is 0 Å². The normalized spacial score (nSPS) is 12.8. The van der Waals surface area contributed by atoms with Gasteiger partial charge < -0.3 is 19.4 Å². The molecule has 30 heavy (non-hydrogen) atoms. The van der Waals surface area contributed by atoms with Gasteiger partial charge in [0.2, 0.25) is 5.78 Å². The van der Waals surface area contributed by atoms with Gasteiger partial charge in [0.05, 0.1) is 18.1 Å². The van der Waals surface area contributed by atoms with Crippen molar-refractivity contribution in [1.29, 1.82) is 0 Å². The van der Waals surface area contributed by atoms with Gasteiger partial charge in [0, 0.05) is 44.0 Å². The summed E-state index contributed by atoms with van der Waals surface area (Å²) in [6.45, 7) is 1.55. The number of imidazole rings is 1. The fraction of sp³-hybridized carbons (Fsp3) is 0.238. The van der Waals surface area contributed by atoms with Crippen LogP contribution >= 0.6 is 0 Å². The van der Waals surface area contributed by atoms with Crippen LogP contribution in [-0.2, 0) is 13.6 Å². The Morgan fingerprint density at radius 3 is 2.73 bits per heavy atom. The number of ketones is 1. The summed E-state index contributed by atoms with van der Waals surface area (Å²) in [5, 5.41) is 14.7. The van der Waals surface area contributed by atoms with Gasteiger partial charge in [0.15, 0.2) is 17.3 Å². The van der Waals surface area contributed by atoms with Gasteiger partial charge in [0.25, 0.3) is 5.69 Å². The molecule has 1 N–H and O–H groups in total. The Morgan fingerprint density at radius 1 is 1.20 bits per heavy atom. The summed E-state index contributed by atoms with van der Waals surface area (Å²) >= 11 is 0. The lowest BCUT2D eigenvalue weighted by Gasteiger charge is -2.11. The zero-order valence-corrected chi connectivity index (χ0v) is 16.3. The molecule has 0 unspecified atom stereocenters. The number of fused-ring (bicyclic) bond motifs is 1. The van der Waals surface area contributed by atoms with E-state index in [2.05, 4.69) is 10.3 Å². The molecule has 0 aliphatic carbocycles. The average Bonchev–Trinajstić information content (AvgIpc) is 3.04.